The first kappa shape index (κ1) is 18.2. The van der Waals surface area contributed by atoms with Crippen LogP contribution in [-0.4, -0.2) is 47.8 Å². The molecule has 150 valence electrons. The van der Waals surface area contributed by atoms with Crippen LogP contribution in [0.4, 0.5) is 0 Å². The van der Waals surface area contributed by atoms with E-state index < -0.39 is 5.60 Å². The SMILES string of the molecule is CC(C)(O)c1cn(Cc2nc3cnc4ccccc4c3n2C2CCOCC2)nn1. The second-order valence-corrected chi connectivity index (χ2v) is 8.11. The molecule has 0 saturated carbocycles. The smallest absolute Gasteiger partial charge is 0.132 e. The Balaban J connectivity index is 1.66. The molecule has 1 aliphatic rings. The third-order valence-electron chi connectivity index (χ3n) is 5.52. The first-order valence-corrected chi connectivity index (χ1v) is 9.96. The van der Waals surface area contributed by atoms with Crippen LogP contribution in [-0.2, 0) is 16.9 Å². The first-order valence-electron chi connectivity index (χ1n) is 9.96. The number of hydrogen-bond acceptors (Lipinski definition) is 6. The van der Waals surface area contributed by atoms with Crippen LogP contribution < -0.4 is 0 Å². The van der Waals surface area contributed by atoms with Gasteiger partial charge in [0.2, 0.25) is 0 Å². The minimum atomic E-state index is -1.03. The van der Waals surface area contributed by atoms with Gasteiger partial charge < -0.3 is 14.4 Å². The predicted octanol–water partition coefficient (Wildman–Crippen LogP) is 2.80. The number of aliphatic hydroxyl groups is 1. The summed E-state index contributed by atoms with van der Waals surface area (Å²) in [6.07, 6.45) is 5.52. The molecule has 29 heavy (non-hydrogen) atoms. The number of pyridine rings is 1. The van der Waals surface area contributed by atoms with Crippen molar-refractivity contribution in [1.82, 2.24) is 29.5 Å². The summed E-state index contributed by atoms with van der Waals surface area (Å²) in [5.41, 5.74) is 2.47. The van der Waals surface area contributed by atoms with Gasteiger partial charge in [-0.3, -0.25) is 4.98 Å². The van der Waals surface area contributed by atoms with Crippen molar-refractivity contribution in [2.75, 3.05) is 13.2 Å². The normalized spacial score (nSPS) is 16.1. The Kier molecular flexibility index (Phi) is 4.33. The van der Waals surface area contributed by atoms with Gasteiger partial charge >= 0.3 is 0 Å². The van der Waals surface area contributed by atoms with Crippen LogP contribution >= 0.6 is 0 Å². The van der Waals surface area contributed by atoms with Gasteiger partial charge in [0.05, 0.1) is 23.4 Å². The molecule has 1 fully saturated rings. The molecule has 0 unspecified atom stereocenters. The van der Waals surface area contributed by atoms with Crippen molar-refractivity contribution in [2.45, 2.75) is 44.9 Å². The highest BCUT2D eigenvalue weighted by Gasteiger charge is 2.25. The van der Waals surface area contributed by atoms with Gasteiger partial charge in [-0.2, -0.15) is 0 Å². The van der Waals surface area contributed by atoms with E-state index in [-0.39, 0.29) is 0 Å². The van der Waals surface area contributed by atoms with E-state index >= 15 is 0 Å². The molecule has 3 aromatic heterocycles. The zero-order valence-electron chi connectivity index (χ0n) is 16.6. The van der Waals surface area contributed by atoms with E-state index in [4.69, 9.17) is 9.72 Å². The Morgan fingerprint density at radius 1 is 1.17 bits per heavy atom. The van der Waals surface area contributed by atoms with Gasteiger partial charge in [0.25, 0.3) is 0 Å². The van der Waals surface area contributed by atoms with Crippen LogP contribution in [0.15, 0.2) is 36.7 Å². The van der Waals surface area contributed by atoms with Crippen LogP contribution in [0.1, 0.15) is 44.2 Å². The molecule has 0 bridgehead atoms. The highest BCUT2D eigenvalue weighted by atomic mass is 16.5. The molecule has 4 heterocycles. The number of rotatable bonds is 4. The maximum Gasteiger partial charge on any atom is 0.132 e. The van der Waals surface area contributed by atoms with E-state index in [0.29, 0.717) is 18.3 Å². The van der Waals surface area contributed by atoms with E-state index in [1.165, 1.54) is 0 Å². The molecule has 1 N–H and O–H groups in total. The maximum absolute atomic E-state index is 10.2. The van der Waals surface area contributed by atoms with Crippen molar-refractivity contribution in [1.29, 1.82) is 0 Å². The zero-order valence-corrected chi connectivity index (χ0v) is 16.6. The molecule has 0 aliphatic carbocycles. The molecule has 1 aromatic carbocycles. The topological polar surface area (TPSA) is 90.9 Å². The fraction of sp³-hybridized carbons (Fsp3) is 0.429. The van der Waals surface area contributed by atoms with Crippen molar-refractivity contribution in [3.05, 3.63) is 48.2 Å². The third kappa shape index (κ3) is 3.28. The summed E-state index contributed by atoms with van der Waals surface area (Å²) >= 11 is 0. The Morgan fingerprint density at radius 2 is 1.97 bits per heavy atom. The lowest BCUT2D eigenvalue weighted by Gasteiger charge is -2.26. The predicted molar refractivity (Wildman–Crippen MR) is 108 cm³/mol. The lowest BCUT2D eigenvalue weighted by molar-refractivity contribution is 0.0697. The largest absolute Gasteiger partial charge is 0.384 e. The lowest BCUT2D eigenvalue weighted by atomic mass is 10.1. The molecule has 4 aromatic rings. The van der Waals surface area contributed by atoms with Gasteiger partial charge in [-0.05, 0) is 32.8 Å². The number of fused-ring (bicyclic) bond motifs is 3. The Bertz CT molecular complexity index is 1170. The minimum absolute atomic E-state index is 0.312. The molecule has 0 atom stereocenters. The number of nitrogens with zero attached hydrogens (tertiary/aromatic N) is 6. The molecular formula is C21H24N6O2. The van der Waals surface area contributed by atoms with E-state index in [0.717, 1.165) is 53.8 Å². The maximum atomic E-state index is 10.2. The van der Waals surface area contributed by atoms with Crippen molar-refractivity contribution in [3.8, 4) is 0 Å². The van der Waals surface area contributed by atoms with Crippen molar-refractivity contribution < 1.29 is 9.84 Å². The standard InChI is InChI=1S/C21H24N6O2/c1-21(2,28)18-12-26(25-24-18)13-19-23-17-11-22-16-6-4-3-5-15(16)20(17)27(19)14-7-9-29-10-8-14/h3-6,11-12,14,28H,7-10,13H2,1-2H3. The third-order valence-corrected chi connectivity index (χ3v) is 5.52. The molecule has 8 heteroatoms. The molecular weight excluding hydrogens is 368 g/mol. The highest BCUT2D eigenvalue weighted by Crippen LogP contribution is 2.32. The fourth-order valence-electron chi connectivity index (χ4n) is 4.02. The number of hydrogen-bond donors (Lipinski definition) is 1. The zero-order chi connectivity index (χ0) is 20.0. The minimum Gasteiger partial charge on any atom is -0.384 e. The summed E-state index contributed by atoms with van der Waals surface area (Å²) in [5, 5.41) is 19.6. The number of imidazole rings is 1. The van der Waals surface area contributed by atoms with Crippen molar-refractivity contribution >= 4 is 21.9 Å². The summed E-state index contributed by atoms with van der Waals surface area (Å²) in [7, 11) is 0. The molecule has 8 nitrogen and oxygen atoms in total. The lowest BCUT2D eigenvalue weighted by Crippen LogP contribution is -2.22. The fourth-order valence-corrected chi connectivity index (χ4v) is 4.02. The Labute approximate surface area is 168 Å². The van der Waals surface area contributed by atoms with Gasteiger partial charge in [-0.15, -0.1) is 5.10 Å². The summed E-state index contributed by atoms with van der Waals surface area (Å²) in [4.78, 5) is 9.50. The average molecular weight is 392 g/mol. The van der Waals surface area contributed by atoms with Crippen LogP contribution in [0.2, 0.25) is 0 Å². The second kappa shape index (κ2) is 6.89. The van der Waals surface area contributed by atoms with Gasteiger partial charge in [0, 0.05) is 24.6 Å². The van der Waals surface area contributed by atoms with Gasteiger partial charge in [-0.1, -0.05) is 23.4 Å². The van der Waals surface area contributed by atoms with Gasteiger partial charge in [-0.25, -0.2) is 9.67 Å². The number of benzene rings is 1. The summed E-state index contributed by atoms with van der Waals surface area (Å²) in [6.45, 7) is 5.38. The number of para-hydroxylation sites is 1. The van der Waals surface area contributed by atoms with E-state index in [1.807, 2.05) is 24.4 Å². The van der Waals surface area contributed by atoms with Crippen molar-refractivity contribution in [3.63, 3.8) is 0 Å². The van der Waals surface area contributed by atoms with Crippen LogP contribution in [0.3, 0.4) is 0 Å². The van der Waals surface area contributed by atoms with Crippen molar-refractivity contribution in [2.24, 2.45) is 0 Å². The van der Waals surface area contributed by atoms with E-state index in [1.54, 1.807) is 24.7 Å². The first-order chi connectivity index (χ1) is 14.0. The van der Waals surface area contributed by atoms with Crippen LogP contribution in [0.25, 0.3) is 21.9 Å². The average Bonchev–Trinajstić information content (AvgIpc) is 3.33. The molecule has 0 spiro atoms. The van der Waals surface area contributed by atoms with Gasteiger partial charge in [0.15, 0.2) is 0 Å². The molecule has 5 rings (SSSR count). The number of aromatic nitrogens is 6. The molecule has 1 aliphatic heterocycles. The Morgan fingerprint density at radius 3 is 2.72 bits per heavy atom. The summed E-state index contributed by atoms with van der Waals surface area (Å²) < 4.78 is 9.67. The van der Waals surface area contributed by atoms with Crippen LogP contribution in [0, 0.1) is 0 Å². The highest BCUT2D eigenvalue weighted by molar-refractivity contribution is 6.02. The monoisotopic (exact) mass is 392 g/mol. The molecule has 0 radical (unpaired) electrons. The Hall–Kier alpha value is -2.84. The number of ether oxygens (including phenoxy) is 1. The second-order valence-electron chi connectivity index (χ2n) is 8.11. The molecule has 1 saturated heterocycles. The summed E-state index contributed by atoms with van der Waals surface area (Å²) in [5.74, 6) is 0.914. The molecule has 0 amide bonds. The summed E-state index contributed by atoms with van der Waals surface area (Å²) in [6, 6.07) is 8.49. The van der Waals surface area contributed by atoms with Gasteiger partial charge in [0.1, 0.15) is 29.2 Å². The van der Waals surface area contributed by atoms with E-state index in [2.05, 4.69) is 25.9 Å². The quantitative estimate of drug-likeness (QED) is 0.574. The van der Waals surface area contributed by atoms with Crippen LogP contribution in [0.5, 0.6) is 0 Å². The van der Waals surface area contributed by atoms with E-state index in [9.17, 15) is 5.11 Å².